The van der Waals surface area contributed by atoms with Crippen molar-refractivity contribution >= 4 is 45.8 Å². The van der Waals surface area contributed by atoms with Crippen LogP contribution >= 0.6 is 34.2 Å². The molecule has 0 atom stereocenters. The topological polar surface area (TPSA) is 80.4 Å². The fraction of sp³-hybridized carbons (Fsp3) is 0.125. The molecule has 0 aliphatic rings. The van der Waals surface area contributed by atoms with E-state index in [-0.39, 0.29) is 22.7 Å². The van der Waals surface area contributed by atoms with Crippen molar-refractivity contribution in [3.05, 3.63) is 36.4 Å². The first-order valence-corrected chi connectivity index (χ1v) is 5.22. The lowest BCUT2D eigenvalue weighted by Gasteiger charge is -2.04. The van der Waals surface area contributed by atoms with E-state index in [1.165, 1.54) is 12.1 Å². The normalized spacial score (nSPS) is 10.0. The minimum Gasteiger partial charge on any atom is -0.481 e. The van der Waals surface area contributed by atoms with Gasteiger partial charge in [-0.2, -0.15) is 0 Å². The second-order valence-corrected chi connectivity index (χ2v) is 4.23. The number of hydrogen-bond donors (Lipinski definition) is 1. The van der Waals surface area contributed by atoms with Crippen molar-refractivity contribution in [2.45, 2.75) is 6.42 Å². The van der Waals surface area contributed by atoms with E-state index in [2.05, 4.69) is 0 Å². The molecule has 1 aromatic rings. The molecule has 0 unspecified atom stereocenters. The van der Waals surface area contributed by atoms with Crippen molar-refractivity contribution in [1.82, 2.24) is 0 Å². The summed E-state index contributed by atoms with van der Waals surface area (Å²) in [5.41, 5.74) is 0.00676. The molecule has 0 aromatic heterocycles. The van der Waals surface area contributed by atoms with Crippen LogP contribution in [0.15, 0.2) is 12.1 Å². The molecule has 0 spiro atoms. The van der Waals surface area contributed by atoms with Gasteiger partial charge in [-0.15, -0.1) is 0 Å². The van der Waals surface area contributed by atoms with Crippen LogP contribution in [0.25, 0.3) is 0 Å². The highest BCUT2D eigenvalue weighted by molar-refractivity contribution is 14.1. The highest BCUT2D eigenvalue weighted by Gasteiger charge is 2.19. The Morgan fingerprint density at radius 2 is 2.20 bits per heavy atom. The molecule has 0 aliphatic carbocycles. The lowest BCUT2D eigenvalue weighted by Crippen LogP contribution is -2.04. The van der Waals surface area contributed by atoms with Gasteiger partial charge in [0.25, 0.3) is 5.69 Å². The molecule has 1 aromatic carbocycles. The van der Waals surface area contributed by atoms with Crippen LogP contribution in [0.5, 0.6) is 0 Å². The number of hydrogen-bond acceptors (Lipinski definition) is 3. The first-order valence-electron chi connectivity index (χ1n) is 3.76. The highest BCUT2D eigenvalue weighted by atomic mass is 127. The van der Waals surface area contributed by atoms with E-state index >= 15 is 0 Å². The molecular formula is C8H5ClINO4. The van der Waals surface area contributed by atoms with Crippen LogP contribution in [-0.4, -0.2) is 16.0 Å². The van der Waals surface area contributed by atoms with Crippen molar-refractivity contribution in [2.24, 2.45) is 0 Å². The lowest BCUT2D eigenvalue weighted by atomic mass is 10.1. The Kier molecular flexibility index (Phi) is 3.86. The Labute approximate surface area is 103 Å². The molecule has 1 N–H and O–H groups in total. The average Bonchev–Trinajstić information content (AvgIpc) is 2.11. The van der Waals surface area contributed by atoms with Crippen LogP contribution in [0, 0.1) is 13.7 Å². The zero-order valence-corrected chi connectivity index (χ0v) is 10.2. The van der Waals surface area contributed by atoms with Gasteiger partial charge in [-0.1, -0.05) is 11.6 Å². The molecule has 80 valence electrons. The van der Waals surface area contributed by atoms with Gasteiger partial charge in [0.15, 0.2) is 0 Å². The number of rotatable bonds is 3. The molecule has 0 saturated heterocycles. The maximum atomic E-state index is 10.5. The Balaban J connectivity index is 3.29. The van der Waals surface area contributed by atoms with E-state index in [4.69, 9.17) is 16.7 Å². The maximum Gasteiger partial charge on any atom is 0.307 e. The minimum atomic E-state index is -1.07. The summed E-state index contributed by atoms with van der Waals surface area (Å²) in [5.74, 6) is -1.07. The Hall–Kier alpha value is -0.890. The molecule has 15 heavy (non-hydrogen) atoms. The van der Waals surface area contributed by atoms with Gasteiger partial charge in [0, 0.05) is 15.2 Å². The molecule has 7 heteroatoms. The van der Waals surface area contributed by atoms with Crippen molar-refractivity contribution in [3.63, 3.8) is 0 Å². The van der Waals surface area contributed by atoms with Gasteiger partial charge in [-0.05, 0) is 28.7 Å². The number of benzene rings is 1. The van der Waals surface area contributed by atoms with E-state index in [0.29, 0.717) is 3.57 Å². The monoisotopic (exact) mass is 341 g/mol. The second-order valence-electron chi connectivity index (χ2n) is 2.69. The first-order chi connectivity index (χ1) is 6.93. The number of carboxylic acids is 1. The van der Waals surface area contributed by atoms with Gasteiger partial charge in [0.1, 0.15) is 5.02 Å². The average molecular weight is 341 g/mol. The quantitative estimate of drug-likeness (QED) is 0.520. The summed E-state index contributed by atoms with van der Waals surface area (Å²) < 4.78 is 0.602. The predicted molar refractivity (Wildman–Crippen MR) is 62.2 cm³/mol. The van der Waals surface area contributed by atoms with E-state index in [0.717, 1.165) is 0 Å². The number of halogens is 2. The minimum absolute atomic E-state index is 0.102. The Morgan fingerprint density at radius 3 is 2.67 bits per heavy atom. The summed E-state index contributed by atoms with van der Waals surface area (Å²) in [6.07, 6.45) is -0.321. The van der Waals surface area contributed by atoms with Crippen molar-refractivity contribution in [1.29, 1.82) is 0 Å². The second kappa shape index (κ2) is 4.75. The maximum absolute atomic E-state index is 10.5. The molecule has 0 radical (unpaired) electrons. The van der Waals surface area contributed by atoms with E-state index in [1.54, 1.807) is 0 Å². The Morgan fingerprint density at radius 1 is 1.60 bits per heavy atom. The molecular weight excluding hydrogens is 336 g/mol. The third kappa shape index (κ3) is 2.78. The van der Waals surface area contributed by atoms with Crippen LogP contribution in [0.1, 0.15) is 5.56 Å². The van der Waals surface area contributed by atoms with Crippen molar-refractivity contribution in [3.8, 4) is 0 Å². The smallest absolute Gasteiger partial charge is 0.307 e. The van der Waals surface area contributed by atoms with Gasteiger partial charge in [-0.3, -0.25) is 14.9 Å². The predicted octanol–water partition coefficient (Wildman–Crippen LogP) is 2.48. The number of aliphatic carboxylic acids is 1. The molecule has 0 aliphatic heterocycles. The lowest BCUT2D eigenvalue weighted by molar-refractivity contribution is -0.384. The van der Waals surface area contributed by atoms with E-state index in [1.807, 2.05) is 22.6 Å². The fourth-order valence-electron chi connectivity index (χ4n) is 1.04. The number of carbonyl (C=O) groups is 1. The number of nitrogens with zero attached hydrogens (tertiary/aromatic N) is 1. The number of nitro groups is 1. The van der Waals surface area contributed by atoms with Gasteiger partial charge in [0.05, 0.1) is 11.3 Å². The summed E-state index contributed by atoms with van der Waals surface area (Å²) in [5, 5.41) is 19.1. The molecule has 1 rings (SSSR count). The summed E-state index contributed by atoms with van der Waals surface area (Å²) >= 11 is 7.63. The standard InChI is InChI=1S/C8H5ClINO4/c9-8-4(3-7(12)13)5(10)1-2-6(8)11(14)15/h1-2H,3H2,(H,12,13). The SMILES string of the molecule is O=C(O)Cc1c(I)ccc([N+](=O)[O-])c1Cl. The van der Waals surface area contributed by atoms with Crippen LogP contribution in [0.3, 0.4) is 0 Å². The Bertz CT molecular complexity index is 435. The molecule has 0 bridgehead atoms. The summed E-state index contributed by atoms with van der Waals surface area (Å²) in [6.45, 7) is 0. The van der Waals surface area contributed by atoms with Gasteiger partial charge >= 0.3 is 5.97 Å². The first kappa shape index (κ1) is 12.2. The fourth-order valence-corrected chi connectivity index (χ4v) is 2.14. The van der Waals surface area contributed by atoms with E-state index < -0.39 is 10.9 Å². The van der Waals surface area contributed by atoms with Crippen LogP contribution in [0.4, 0.5) is 5.69 Å². The van der Waals surface area contributed by atoms with Crippen molar-refractivity contribution < 1.29 is 14.8 Å². The zero-order chi connectivity index (χ0) is 11.6. The third-order valence-corrected chi connectivity index (χ3v) is 3.12. The number of carboxylic acid groups (broad SMARTS) is 1. The zero-order valence-electron chi connectivity index (χ0n) is 7.24. The highest BCUT2D eigenvalue weighted by Crippen LogP contribution is 2.31. The van der Waals surface area contributed by atoms with Crippen molar-refractivity contribution in [2.75, 3.05) is 0 Å². The molecule has 0 fully saturated rings. The summed E-state index contributed by atoms with van der Waals surface area (Å²) in [6, 6.07) is 2.73. The third-order valence-electron chi connectivity index (χ3n) is 1.69. The molecule has 0 amide bonds. The summed E-state index contributed by atoms with van der Waals surface area (Å²) in [7, 11) is 0. The van der Waals surface area contributed by atoms with Gasteiger partial charge in [0.2, 0.25) is 0 Å². The largest absolute Gasteiger partial charge is 0.481 e. The number of nitro benzene ring substituents is 1. The summed E-state index contributed by atoms with van der Waals surface area (Å²) in [4.78, 5) is 20.4. The molecule has 0 saturated carbocycles. The van der Waals surface area contributed by atoms with Gasteiger partial charge in [-0.25, -0.2) is 0 Å². The molecule has 5 nitrogen and oxygen atoms in total. The van der Waals surface area contributed by atoms with Gasteiger partial charge < -0.3 is 5.11 Å². The van der Waals surface area contributed by atoms with E-state index in [9.17, 15) is 14.9 Å². The van der Waals surface area contributed by atoms with Crippen LogP contribution in [0.2, 0.25) is 5.02 Å². The van der Waals surface area contributed by atoms with Crippen LogP contribution < -0.4 is 0 Å². The molecule has 0 heterocycles. The van der Waals surface area contributed by atoms with Crippen LogP contribution in [-0.2, 0) is 11.2 Å².